The lowest BCUT2D eigenvalue weighted by Gasteiger charge is -2.16. The predicted molar refractivity (Wildman–Crippen MR) is 75.4 cm³/mol. The van der Waals surface area contributed by atoms with E-state index in [4.69, 9.17) is 5.73 Å². The van der Waals surface area contributed by atoms with Crippen LogP contribution in [-0.2, 0) is 11.2 Å². The fraction of sp³-hybridized carbons (Fsp3) is 0.533. The van der Waals surface area contributed by atoms with Crippen LogP contribution in [-0.4, -0.2) is 18.5 Å². The van der Waals surface area contributed by atoms with Gasteiger partial charge in [0.2, 0.25) is 5.91 Å². The average molecular weight is 248 g/mol. The number of carbonyl (C=O) groups excluding carboxylic acids is 1. The van der Waals surface area contributed by atoms with Crippen LogP contribution < -0.4 is 11.1 Å². The molecule has 0 radical (unpaired) electrons. The van der Waals surface area contributed by atoms with Gasteiger partial charge in [-0.25, -0.2) is 0 Å². The second-order valence-electron chi connectivity index (χ2n) is 5.06. The molecule has 0 aliphatic heterocycles. The van der Waals surface area contributed by atoms with Crippen molar-refractivity contribution in [1.29, 1.82) is 0 Å². The highest BCUT2D eigenvalue weighted by molar-refractivity contribution is 5.78. The molecule has 1 rings (SSSR count). The molecule has 1 amide bonds. The third-order valence-corrected chi connectivity index (χ3v) is 3.52. The number of hydrogen-bond donors (Lipinski definition) is 2. The first-order valence-electron chi connectivity index (χ1n) is 6.52. The third-order valence-electron chi connectivity index (χ3n) is 3.52. The zero-order chi connectivity index (χ0) is 13.7. The van der Waals surface area contributed by atoms with Crippen LogP contribution in [0, 0.1) is 19.8 Å². The Morgan fingerprint density at radius 2 is 1.83 bits per heavy atom. The van der Waals surface area contributed by atoms with Crippen molar-refractivity contribution in [1.82, 2.24) is 5.32 Å². The van der Waals surface area contributed by atoms with Crippen molar-refractivity contribution >= 4 is 5.91 Å². The molecule has 0 saturated carbocycles. The van der Waals surface area contributed by atoms with Gasteiger partial charge in [0.25, 0.3) is 0 Å². The summed E-state index contributed by atoms with van der Waals surface area (Å²) in [5.41, 5.74) is 9.60. The highest BCUT2D eigenvalue weighted by Crippen LogP contribution is 2.13. The maximum atomic E-state index is 11.8. The van der Waals surface area contributed by atoms with E-state index in [0.29, 0.717) is 6.54 Å². The van der Waals surface area contributed by atoms with E-state index in [1.807, 2.05) is 13.8 Å². The Morgan fingerprint density at radius 3 is 2.33 bits per heavy atom. The number of hydrogen-bond acceptors (Lipinski definition) is 2. The third kappa shape index (κ3) is 3.84. The monoisotopic (exact) mass is 248 g/mol. The van der Waals surface area contributed by atoms with Crippen molar-refractivity contribution in [3.05, 3.63) is 34.9 Å². The summed E-state index contributed by atoms with van der Waals surface area (Å²) in [6.45, 7) is 8.60. The average Bonchev–Trinajstić information content (AvgIpc) is 2.31. The van der Waals surface area contributed by atoms with Crippen molar-refractivity contribution in [3.63, 3.8) is 0 Å². The number of amides is 1. The van der Waals surface area contributed by atoms with Crippen LogP contribution in [0.3, 0.4) is 0 Å². The van der Waals surface area contributed by atoms with Crippen LogP contribution in [0.5, 0.6) is 0 Å². The van der Waals surface area contributed by atoms with Crippen LogP contribution in [0.15, 0.2) is 18.2 Å². The normalized spacial score (nSPS) is 14.1. The lowest BCUT2D eigenvalue weighted by Crippen LogP contribution is -2.39. The summed E-state index contributed by atoms with van der Waals surface area (Å²) in [4.78, 5) is 11.8. The lowest BCUT2D eigenvalue weighted by molar-refractivity contribution is -0.124. The van der Waals surface area contributed by atoms with Crippen LogP contribution in [0.1, 0.15) is 30.5 Å². The van der Waals surface area contributed by atoms with E-state index in [1.165, 1.54) is 16.7 Å². The summed E-state index contributed by atoms with van der Waals surface area (Å²) in [5.74, 6) is -0.0980. The number of nitrogens with one attached hydrogen (secondary N) is 1. The van der Waals surface area contributed by atoms with Crippen molar-refractivity contribution in [2.75, 3.05) is 6.54 Å². The summed E-state index contributed by atoms with van der Waals surface area (Å²) in [6.07, 6.45) is 0.871. The van der Waals surface area contributed by atoms with Crippen LogP contribution in [0.2, 0.25) is 0 Å². The minimum absolute atomic E-state index is 0.0382. The number of benzene rings is 1. The first-order valence-corrected chi connectivity index (χ1v) is 6.52. The van der Waals surface area contributed by atoms with Gasteiger partial charge in [0.1, 0.15) is 0 Å². The maximum absolute atomic E-state index is 11.8. The molecular weight excluding hydrogens is 224 g/mol. The Morgan fingerprint density at radius 1 is 1.28 bits per heavy atom. The molecule has 3 heteroatoms. The molecule has 3 nitrogen and oxygen atoms in total. The minimum atomic E-state index is -0.136. The zero-order valence-corrected chi connectivity index (χ0v) is 11.8. The van der Waals surface area contributed by atoms with Crippen LogP contribution in [0.25, 0.3) is 0 Å². The molecule has 18 heavy (non-hydrogen) atoms. The number of rotatable bonds is 5. The predicted octanol–water partition coefficient (Wildman–Crippen LogP) is 1.95. The van der Waals surface area contributed by atoms with Crippen molar-refractivity contribution in [3.8, 4) is 0 Å². The van der Waals surface area contributed by atoms with E-state index in [-0.39, 0.29) is 17.9 Å². The molecule has 0 spiro atoms. The Hall–Kier alpha value is -1.35. The Labute approximate surface area is 110 Å². The van der Waals surface area contributed by atoms with E-state index >= 15 is 0 Å². The summed E-state index contributed by atoms with van der Waals surface area (Å²) in [5, 5.41) is 2.95. The molecule has 0 aliphatic rings. The number of aryl methyl sites for hydroxylation is 2. The van der Waals surface area contributed by atoms with Gasteiger partial charge in [0.05, 0.1) is 0 Å². The Bertz CT molecular complexity index is 393. The number of carbonyl (C=O) groups is 1. The second-order valence-corrected chi connectivity index (χ2v) is 5.06. The van der Waals surface area contributed by atoms with E-state index in [1.54, 1.807) is 0 Å². The molecule has 0 aromatic heterocycles. The number of nitrogens with two attached hydrogens (primary N) is 1. The van der Waals surface area contributed by atoms with E-state index < -0.39 is 0 Å². The van der Waals surface area contributed by atoms with Gasteiger partial charge in [-0.2, -0.15) is 0 Å². The van der Waals surface area contributed by atoms with E-state index in [9.17, 15) is 4.79 Å². The highest BCUT2D eigenvalue weighted by atomic mass is 16.1. The first-order chi connectivity index (χ1) is 8.43. The summed E-state index contributed by atoms with van der Waals surface area (Å²) >= 11 is 0. The molecule has 100 valence electrons. The van der Waals surface area contributed by atoms with Gasteiger partial charge in [-0.15, -0.1) is 0 Å². The fourth-order valence-electron chi connectivity index (χ4n) is 1.95. The molecule has 2 unspecified atom stereocenters. The summed E-state index contributed by atoms with van der Waals surface area (Å²) < 4.78 is 0. The SMILES string of the molecule is Cc1cccc(C)c1CCNC(=O)C(C)C(C)N. The zero-order valence-electron chi connectivity index (χ0n) is 11.8. The molecule has 3 N–H and O–H groups in total. The van der Waals surface area contributed by atoms with Crippen molar-refractivity contribution < 1.29 is 4.79 Å². The van der Waals surface area contributed by atoms with Gasteiger partial charge in [-0.05, 0) is 43.9 Å². The lowest BCUT2D eigenvalue weighted by atomic mass is 10.00. The molecule has 0 aliphatic carbocycles. The van der Waals surface area contributed by atoms with Gasteiger partial charge in [-0.3, -0.25) is 4.79 Å². The minimum Gasteiger partial charge on any atom is -0.355 e. The standard InChI is InChI=1S/C15H24N2O/c1-10-6-5-7-11(2)14(10)8-9-17-15(18)12(3)13(4)16/h5-7,12-13H,8-9,16H2,1-4H3,(H,17,18). The first kappa shape index (κ1) is 14.7. The van der Waals surface area contributed by atoms with E-state index in [0.717, 1.165) is 6.42 Å². The quantitative estimate of drug-likeness (QED) is 0.836. The van der Waals surface area contributed by atoms with Crippen molar-refractivity contribution in [2.24, 2.45) is 11.7 Å². The smallest absolute Gasteiger partial charge is 0.224 e. The van der Waals surface area contributed by atoms with Gasteiger partial charge < -0.3 is 11.1 Å². The fourth-order valence-corrected chi connectivity index (χ4v) is 1.95. The Balaban J connectivity index is 2.50. The van der Waals surface area contributed by atoms with Crippen molar-refractivity contribution in [2.45, 2.75) is 40.2 Å². The summed E-state index contributed by atoms with van der Waals surface area (Å²) in [6, 6.07) is 6.17. The maximum Gasteiger partial charge on any atom is 0.224 e. The molecule has 0 heterocycles. The van der Waals surface area contributed by atoms with E-state index in [2.05, 4.69) is 37.4 Å². The van der Waals surface area contributed by atoms with Gasteiger partial charge in [0.15, 0.2) is 0 Å². The summed E-state index contributed by atoms with van der Waals surface area (Å²) in [7, 11) is 0. The molecule has 1 aromatic carbocycles. The molecule has 2 atom stereocenters. The van der Waals surface area contributed by atoms with Gasteiger partial charge in [-0.1, -0.05) is 25.1 Å². The van der Waals surface area contributed by atoms with Crippen LogP contribution in [0.4, 0.5) is 0 Å². The topological polar surface area (TPSA) is 55.1 Å². The molecule has 0 saturated heterocycles. The highest BCUT2D eigenvalue weighted by Gasteiger charge is 2.16. The molecular formula is C15H24N2O. The second kappa shape index (κ2) is 6.55. The molecule has 0 fully saturated rings. The molecule has 1 aromatic rings. The largest absolute Gasteiger partial charge is 0.355 e. The Kier molecular flexibility index (Phi) is 5.35. The van der Waals surface area contributed by atoms with Crippen LogP contribution >= 0.6 is 0 Å². The van der Waals surface area contributed by atoms with Gasteiger partial charge in [0, 0.05) is 18.5 Å². The van der Waals surface area contributed by atoms with Gasteiger partial charge >= 0.3 is 0 Å². The molecule has 0 bridgehead atoms.